The number of nitro groups is 2. The molecule has 3 amide bonds. The van der Waals surface area contributed by atoms with Crippen LogP contribution in [0.2, 0.25) is 0 Å². The van der Waals surface area contributed by atoms with Gasteiger partial charge in [-0.2, -0.15) is 0 Å². The van der Waals surface area contributed by atoms with Crippen molar-refractivity contribution in [3.05, 3.63) is 55.6 Å². The summed E-state index contributed by atoms with van der Waals surface area (Å²) in [6.07, 6.45) is 2.71. The number of carbonyl (C=O) groups excluding carboxylic acids is 3. The summed E-state index contributed by atoms with van der Waals surface area (Å²) in [5.41, 5.74) is -1.28. The number of methoxy groups -OCH3 is 2. The first-order valence-electron chi connectivity index (χ1n) is 18.8. The van der Waals surface area contributed by atoms with Crippen LogP contribution in [0.3, 0.4) is 0 Å². The fraction of sp³-hybridized carbons (Fsp3) is 0.579. The molecule has 0 spiro atoms. The highest BCUT2D eigenvalue weighted by Gasteiger charge is 2.30. The first-order chi connectivity index (χ1) is 27.5. The van der Waals surface area contributed by atoms with Crippen LogP contribution in [0, 0.1) is 20.2 Å². The van der Waals surface area contributed by atoms with E-state index < -0.39 is 33.1 Å². The van der Waals surface area contributed by atoms with Crippen molar-refractivity contribution in [3.63, 3.8) is 0 Å². The lowest BCUT2D eigenvalue weighted by Gasteiger charge is -2.33. The molecule has 6 N–H and O–H groups in total. The van der Waals surface area contributed by atoms with Crippen LogP contribution in [0.1, 0.15) is 87.9 Å². The normalized spacial score (nSPS) is 16.3. The number of piperidine rings is 2. The maximum absolute atomic E-state index is 13.0. The first-order valence-corrected chi connectivity index (χ1v) is 18.8. The summed E-state index contributed by atoms with van der Waals surface area (Å²) in [5, 5.41) is 45.1. The number of carboxylic acids is 1. The summed E-state index contributed by atoms with van der Waals surface area (Å²) in [7, 11) is 5.73. The summed E-state index contributed by atoms with van der Waals surface area (Å²) < 4.78 is 20.5. The molecule has 2 aliphatic rings. The van der Waals surface area contributed by atoms with Crippen LogP contribution >= 0.6 is 0 Å². The highest BCUT2D eigenvalue weighted by atomic mass is 16.6. The minimum absolute atomic E-state index is 0.120. The van der Waals surface area contributed by atoms with Crippen LogP contribution in [0.4, 0.5) is 32.3 Å². The van der Waals surface area contributed by atoms with Crippen LogP contribution < -0.4 is 36.1 Å². The topological polar surface area (TPSA) is 275 Å². The van der Waals surface area contributed by atoms with Gasteiger partial charge in [0.1, 0.15) is 22.7 Å². The second-order valence-corrected chi connectivity index (χ2v) is 15.4. The zero-order chi connectivity index (χ0) is 44.7. The molecule has 2 aliphatic heterocycles. The number of likely N-dealkylation sites (tertiary alicyclic amines) is 1. The van der Waals surface area contributed by atoms with E-state index in [1.807, 2.05) is 20.8 Å². The molecule has 328 valence electrons. The van der Waals surface area contributed by atoms with E-state index >= 15 is 0 Å². The third-order valence-electron chi connectivity index (χ3n) is 8.44. The average molecular weight is 835 g/mol. The predicted octanol–water partition coefficient (Wildman–Crippen LogP) is 5.38. The van der Waals surface area contributed by atoms with Gasteiger partial charge in [0, 0.05) is 57.9 Å². The summed E-state index contributed by atoms with van der Waals surface area (Å²) >= 11 is 0. The molecule has 0 saturated carbocycles. The Balaban J connectivity index is 0.000000337. The number of carbonyl (C=O) groups is 4. The van der Waals surface area contributed by atoms with Crippen molar-refractivity contribution in [1.29, 1.82) is 0 Å². The SMILES string of the molecule is CC(C)(C)OC(=O)N[C@@H]1CCCNC1.CNc1c(OC)cc(C(=O)N2CCC[C@@H](NC(=O)OC(C)(C)C)C2)cc1[N+](=O)[O-].CNc1c(OC)cc(C(=O)O)cc1[N+](=O)[O-]. The molecule has 2 aromatic carbocycles. The number of nitrogens with one attached hydrogen (secondary N) is 5. The fourth-order valence-corrected chi connectivity index (χ4v) is 5.95. The zero-order valence-corrected chi connectivity index (χ0v) is 35.3. The van der Waals surface area contributed by atoms with Gasteiger partial charge >= 0.3 is 18.2 Å². The molecule has 0 aliphatic carbocycles. The van der Waals surface area contributed by atoms with Crippen molar-refractivity contribution in [2.45, 2.75) is 90.5 Å². The van der Waals surface area contributed by atoms with Crippen molar-refractivity contribution < 1.29 is 53.1 Å². The molecule has 0 unspecified atom stereocenters. The molecular formula is C38H58N8O13. The Labute approximate surface area is 343 Å². The van der Waals surface area contributed by atoms with Crippen LogP contribution in [0.15, 0.2) is 24.3 Å². The number of hydrogen-bond donors (Lipinski definition) is 6. The number of anilines is 2. The van der Waals surface area contributed by atoms with Gasteiger partial charge < -0.3 is 55.5 Å². The van der Waals surface area contributed by atoms with Gasteiger partial charge in [-0.25, -0.2) is 14.4 Å². The molecule has 0 aromatic heterocycles. The third kappa shape index (κ3) is 16.0. The number of hydrogen-bond acceptors (Lipinski definition) is 15. The number of ether oxygens (including phenoxy) is 4. The molecule has 4 rings (SSSR count). The van der Waals surface area contributed by atoms with Crippen molar-refractivity contribution in [3.8, 4) is 11.5 Å². The first kappa shape index (κ1) is 49.0. The molecular weight excluding hydrogens is 776 g/mol. The molecule has 2 heterocycles. The molecule has 0 bridgehead atoms. The number of alkyl carbamates (subject to hydrolysis) is 2. The van der Waals surface area contributed by atoms with Gasteiger partial charge in [0.2, 0.25) is 0 Å². The summed E-state index contributed by atoms with van der Waals surface area (Å²) in [5.74, 6) is -1.27. The van der Waals surface area contributed by atoms with E-state index in [0.717, 1.165) is 32.0 Å². The monoisotopic (exact) mass is 834 g/mol. The van der Waals surface area contributed by atoms with Crippen molar-refractivity contribution in [2.75, 3.05) is 65.1 Å². The molecule has 21 heteroatoms. The summed E-state index contributed by atoms with van der Waals surface area (Å²) in [6.45, 7) is 13.6. The van der Waals surface area contributed by atoms with Crippen LogP contribution in [0.25, 0.3) is 0 Å². The van der Waals surface area contributed by atoms with Gasteiger partial charge in [-0.05, 0) is 85.9 Å². The predicted molar refractivity (Wildman–Crippen MR) is 219 cm³/mol. The van der Waals surface area contributed by atoms with Crippen molar-refractivity contribution >= 4 is 46.8 Å². The number of benzene rings is 2. The Morgan fingerprint density at radius 1 is 0.763 bits per heavy atom. The van der Waals surface area contributed by atoms with E-state index in [1.54, 1.807) is 32.7 Å². The number of carboxylic acid groups (broad SMARTS) is 1. The molecule has 0 radical (unpaired) electrons. The maximum atomic E-state index is 13.0. The summed E-state index contributed by atoms with van der Waals surface area (Å²) in [6, 6.07) is 4.89. The maximum Gasteiger partial charge on any atom is 0.407 e. The number of rotatable bonds is 10. The molecule has 2 aromatic rings. The highest BCUT2D eigenvalue weighted by Crippen LogP contribution is 2.37. The van der Waals surface area contributed by atoms with E-state index in [9.17, 15) is 39.4 Å². The average Bonchev–Trinajstić information content (AvgIpc) is 3.15. The molecule has 2 fully saturated rings. The minimum atomic E-state index is -1.25. The molecule has 59 heavy (non-hydrogen) atoms. The Hall–Kier alpha value is -6.12. The number of aromatic carboxylic acids is 1. The van der Waals surface area contributed by atoms with Gasteiger partial charge in [-0.1, -0.05) is 0 Å². The Morgan fingerprint density at radius 3 is 1.63 bits per heavy atom. The van der Waals surface area contributed by atoms with Crippen molar-refractivity contribution in [1.82, 2.24) is 20.9 Å². The fourth-order valence-electron chi connectivity index (χ4n) is 5.95. The smallest absolute Gasteiger partial charge is 0.407 e. The van der Waals surface area contributed by atoms with E-state index in [4.69, 9.17) is 24.1 Å². The number of nitro benzene ring substituents is 2. The van der Waals surface area contributed by atoms with E-state index in [2.05, 4.69) is 26.6 Å². The Morgan fingerprint density at radius 2 is 1.22 bits per heavy atom. The zero-order valence-electron chi connectivity index (χ0n) is 35.3. The third-order valence-corrected chi connectivity index (χ3v) is 8.44. The van der Waals surface area contributed by atoms with Gasteiger partial charge in [0.25, 0.3) is 17.3 Å². The lowest BCUT2D eigenvalue weighted by Crippen LogP contribution is -2.50. The lowest BCUT2D eigenvalue weighted by atomic mass is 10.0. The second kappa shape index (κ2) is 22.1. The number of nitrogens with zero attached hydrogens (tertiary/aromatic N) is 3. The van der Waals surface area contributed by atoms with Crippen LogP contribution in [0.5, 0.6) is 11.5 Å². The van der Waals surface area contributed by atoms with Crippen molar-refractivity contribution in [2.24, 2.45) is 0 Å². The second-order valence-electron chi connectivity index (χ2n) is 15.4. The number of amides is 3. The molecule has 2 atom stereocenters. The quantitative estimate of drug-likeness (QED) is 0.129. The minimum Gasteiger partial charge on any atom is -0.494 e. The van der Waals surface area contributed by atoms with E-state index in [1.165, 1.54) is 39.5 Å². The molecule has 2 saturated heterocycles. The van der Waals surface area contributed by atoms with Gasteiger partial charge in [-0.3, -0.25) is 25.0 Å². The van der Waals surface area contributed by atoms with E-state index in [0.29, 0.717) is 25.9 Å². The highest BCUT2D eigenvalue weighted by molar-refractivity contribution is 5.97. The Bertz CT molecular complexity index is 1800. The summed E-state index contributed by atoms with van der Waals surface area (Å²) in [4.78, 5) is 69.6. The largest absolute Gasteiger partial charge is 0.494 e. The Kier molecular flexibility index (Phi) is 18.4. The van der Waals surface area contributed by atoms with Gasteiger partial charge in [-0.15, -0.1) is 0 Å². The van der Waals surface area contributed by atoms with E-state index in [-0.39, 0.29) is 69.5 Å². The van der Waals surface area contributed by atoms with Crippen LogP contribution in [-0.4, -0.2) is 122 Å². The standard InChI is InChI=1S/C19H28N4O6.C10H20N2O2.C9H10N2O5/c1-19(2,3)29-18(25)21-13-7-6-8-22(11-13)17(24)12-9-14(23(26)27)16(20-4)15(10-12)28-5;1-10(2,3)14-9(13)12-8-5-4-6-11-7-8;1-10-8-6(11(14)15)3-5(9(12)13)4-7(8)16-2/h9-10,13,20H,6-8,11H2,1-5H3,(H,21,25);8,11H,4-7H2,1-3H3,(H,12,13);3-4,10H,1-2H3,(H,12,13)/t13-;8-;/m11./s1. The van der Waals surface area contributed by atoms with Crippen LogP contribution in [-0.2, 0) is 9.47 Å². The lowest BCUT2D eigenvalue weighted by molar-refractivity contribution is -0.384. The molecule has 21 nitrogen and oxygen atoms in total. The van der Waals surface area contributed by atoms with Gasteiger partial charge in [0.05, 0.1) is 35.2 Å². The van der Waals surface area contributed by atoms with Gasteiger partial charge in [0.15, 0.2) is 11.4 Å².